The highest BCUT2D eigenvalue weighted by atomic mass is 16.3. The molecule has 2 rings (SSSR count). The molecule has 1 saturated heterocycles. The predicted molar refractivity (Wildman–Crippen MR) is 85.4 cm³/mol. The van der Waals surface area contributed by atoms with Crippen molar-refractivity contribution < 1.29 is 9.90 Å². The van der Waals surface area contributed by atoms with E-state index in [4.69, 9.17) is 0 Å². The zero-order valence-corrected chi connectivity index (χ0v) is 13.4. The lowest BCUT2D eigenvalue weighted by atomic mass is 10.0. The minimum absolute atomic E-state index is 0.107. The van der Waals surface area contributed by atoms with Crippen LogP contribution in [-0.4, -0.2) is 64.7 Å². The number of carbonyl (C=O) groups is 1. The highest BCUT2D eigenvalue weighted by Gasteiger charge is 2.22. The predicted octanol–water partition coefficient (Wildman–Crippen LogP) is 1.07. The topological polar surface area (TPSA) is 68.7 Å². The first-order valence-electron chi connectivity index (χ1n) is 7.86. The van der Waals surface area contributed by atoms with E-state index in [0.717, 1.165) is 38.2 Å². The molecule has 1 aromatic heterocycles. The minimum atomic E-state index is -0.504. The number of nitrogens with one attached hydrogen (secondary N) is 1. The van der Waals surface area contributed by atoms with Crippen molar-refractivity contribution in [3.05, 3.63) is 30.1 Å². The molecule has 0 aliphatic carbocycles. The molecule has 6 heteroatoms. The second kappa shape index (κ2) is 8.10. The Morgan fingerprint density at radius 3 is 2.82 bits per heavy atom. The third-order valence-electron chi connectivity index (χ3n) is 3.91. The molecular weight excluding hydrogens is 280 g/mol. The van der Waals surface area contributed by atoms with Crippen LogP contribution < -0.4 is 5.32 Å². The SMILES string of the molecule is CC(O)CN(C)C(=O)NC1CCN(Cc2ccccn2)CC1. The summed E-state index contributed by atoms with van der Waals surface area (Å²) in [6.07, 6.45) is 3.21. The summed E-state index contributed by atoms with van der Waals surface area (Å²) in [6.45, 7) is 4.82. The van der Waals surface area contributed by atoms with Crippen LogP contribution in [0.2, 0.25) is 0 Å². The lowest BCUT2D eigenvalue weighted by Crippen LogP contribution is -2.49. The summed E-state index contributed by atoms with van der Waals surface area (Å²) >= 11 is 0. The number of urea groups is 1. The average molecular weight is 306 g/mol. The van der Waals surface area contributed by atoms with Gasteiger partial charge in [0.2, 0.25) is 0 Å². The van der Waals surface area contributed by atoms with Gasteiger partial charge < -0.3 is 15.3 Å². The summed E-state index contributed by atoms with van der Waals surface area (Å²) in [5.41, 5.74) is 1.08. The second-order valence-electron chi connectivity index (χ2n) is 6.05. The molecule has 0 spiro atoms. The highest BCUT2D eigenvalue weighted by molar-refractivity contribution is 5.74. The molecule has 1 unspecified atom stereocenters. The summed E-state index contributed by atoms with van der Waals surface area (Å²) in [7, 11) is 1.71. The summed E-state index contributed by atoms with van der Waals surface area (Å²) in [6, 6.07) is 6.08. The number of likely N-dealkylation sites (N-methyl/N-ethyl adjacent to an activating group) is 1. The van der Waals surface area contributed by atoms with Gasteiger partial charge in [-0.2, -0.15) is 0 Å². The lowest BCUT2D eigenvalue weighted by molar-refractivity contribution is 0.137. The van der Waals surface area contributed by atoms with E-state index in [9.17, 15) is 9.90 Å². The van der Waals surface area contributed by atoms with Gasteiger partial charge in [0.15, 0.2) is 0 Å². The van der Waals surface area contributed by atoms with E-state index in [1.165, 1.54) is 4.90 Å². The van der Waals surface area contributed by atoms with Crippen LogP contribution in [0.15, 0.2) is 24.4 Å². The molecule has 122 valence electrons. The molecule has 0 bridgehead atoms. The molecule has 1 aliphatic rings. The van der Waals surface area contributed by atoms with Gasteiger partial charge in [-0.05, 0) is 31.9 Å². The lowest BCUT2D eigenvalue weighted by Gasteiger charge is -2.33. The Kier molecular flexibility index (Phi) is 6.15. The maximum atomic E-state index is 12.0. The van der Waals surface area contributed by atoms with E-state index in [2.05, 4.69) is 15.2 Å². The Hall–Kier alpha value is -1.66. The third-order valence-corrected chi connectivity index (χ3v) is 3.91. The Morgan fingerprint density at radius 1 is 1.50 bits per heavy atom. The first kappa shape index (κ1) is 16.7. The van der Waals surface area contributed by atoms with Gasteiger partial charge >= 0.3 is 6.03 Å². The van der Waals surface area contributed by atoms with E-state index in [0.29, 0.717) is 6.54 Å². The van der Waals surface area contributed by atoms with Crippen molar-refractivity contribution in [3.63, 3.8) is 0 Å². The average Bonchev–Trinajstić information content (AvgIpc) is 2.49. The zero-order valence-electron chi connectivity index (χ0n) is 13.4. The van der Waals surface area contributed by atoms with Gasteiger partial charge in [0.1, 0.15) is 0 Å². The molecule has 2 N–H and O–H groups in total. The molecule has 1 aromatic rings. The number of nitrogens with zero attached hydrogens (tertiary/aromatic N) is 3. The van der Waals surface area contributed by atoms with Gasteiger partial charge in [-0.25, -0.2) is 4.79 Å². The minimum Gasteiger partial charge on any atom is -0.392 e. The zero-order chi connectivity index (χ0) is 15.9. The molecule has 1 atom stereocenters. The number of pyridine rings is 1. The molecule has 2 heterocycles. The smallest absolute Gasteiger partial charge is 0.317 e. The number of aromatic nitrogens is 1. The van der Waals surface area contributed by atoms with Crippen molar-refractivity contribution in [1.29, 1.82) is 0 Å². The number of aliphatic hydroxyl groups is 1. The molecule has 22 heavy (non-hydrogen) atoms. The van der Waals surface area contributed by atoms with E-state index in [1.807, 2.05) is 24.4 Å². The van der Waals surface area contributed by atoms with E-state index >= 15 is 0 Å². The maximum absolute atomic E-state index is 12.0. The van der Waals surface area contributed by atoms with Crippen molar-refractivity contribution in [2.24, 2.45) is 0 Å². The molecule has 6 nitrogen and oxygen atoms in total. The quantitative estimate of drug-likeness (QED) is 0.854. The number of carbonyl (C=O) groups excluding carboxylic acids is 1. The van der Waals surface area contributed by atoms with Crippen LogP contribution in [0.1, 0.15) is 25.5 Å². The van der Waals surface area contributed by atoms with Crippen LogP contribution in [0, 0.1) is 0 Å². The van der Waals surface area contributed by atoms with Crippen LogP contribution in [0.25, 0.3) is 0 Å². The van der Waals surface area contributed by atoms with Gasteiger partial charge in [-0.3, -0.25) is 9.88 Å². The van der Waals surface area contributed by atoms with Gasteiger partial charge in [-0.15, -0.1) is 0 Å². The fourth-order valence-electron chi connectivity index (χ4n) is 2.72. The highest BCUT2D eigenvalue weighted by Crippen LogP contribution is 2.13. The first-order valence-corrected chi connectivity index (χ1v) is 7.86. The van der Waals surface area contributed by atoms with E-state index < -0.39 is 6.10 Å². The Bertz CT molecular complexity index is 458. The Morgan fingerprint density at radius 2 is 2.23 bits per heavy atom. The van der Waals surface area contributed by atoms with Gasteiger partial charge in [0, 0.05) is 45.5 Å². The van der Waals surface area contributed by atoms with Crippen molar-refractivity contribution in [2.75, 3.05) is 26.7 Å². The molecular formula is C16H26N4O2. The fourth-order valence-corrected chi connectivity index (χ4v) is 2.72. The van der Waals surface area contributed by atoms with Gasteiger partial charge in [0.05, 0.1) is 11.8 Å². The van der Waals surface area contributed by atoms with Crippen molar-refractivity contribution >= 4 is 6.03 Å². The summed E-state index contributed by atoms with van der Waals surface area (Å²) in [5, 5.41) is 12.4. The molecule has 0 radical (unpaired) electrons. The summed E-state index contributed by atoms with van der Waals surface area (Å²) in [4.78, 5) is 20.2. The number of hydrogen-bond donors (Lipinski definition) is 2. The van der Waals surface area contributed by atoms with Crippen molar-refractivity contribution in [1.82, 2.24) is 20.1 Å². The van der Waals surface area contributed by atoms with E-state index in [-0.39, 0.29) is 12.1 Å². The number of aliphatic hydroxyl groups excluding tert-OH is 1. The largest absolute Gasteiger partial charge is 0.392 e. The van der Waals surface area contributed by atoms with E-state index in [1.54, 1.807) is 14.0 Å². The maximum Gasteiger partial charge on any atom is 0.317 e. The molecule has 0 aromatic carbocycles. The number of amides is 2. The van der Waals surface area contributed by atoms with Gasteiger partial charge in [0.25, 0.3) is 0 Å². The van der Waals surface area contributed by atoms with Crippen molar-refractivity contribution in [2.45, 2.75) is 38.5 Å². The monoisotopic (exact) mass is 306 g/mol. The number of hydrogen-bond acceptors (Lipinski definition) is 4. The summed E-state index contributed by atoms with van der Waals surface area (Å²) < 4.78 is 0. The Balaban J connectivity index is 1.72. The van der Waals surface area contributed by atoms with Crippen LogP contribution >= 0.6 is 0 Å². The van der Waals surface area contributed by atoms with Crippen LogP contribution in [0.5, 0.6) is 0 Å². The van der Waals surface area contributed by atoms with Crippen LogP contribution in [0.3, 0.4) is 0 Å². The Labute approximate surface area is 132 Å². The summed E-state index contributed by atoms with van der Waals surface area (Å²) in [5.74, 6) is 0. The molecule has 0 saturated carbocycles. The standard InChI is InChI=1S/C16H26N4O2/c1-13(21)11-19(2)16(22)18-14-6-9-20(10-7-14)12-15-5-3-4-8-17-15/h3-5,8,13-14,21H,6-7,9-12H2,1-2H3,(H,18,22). The van der Waals surface area contributed by atoms with Crippen LogP contribution in [-0.2, 0) is 6.54 Å². The number of piperidine rings is 1. The fraction of sp³-hybridized carbons (Fsp3) is 0.625. The van der Waals surface area contributed by atoms with Gasteiger partial charge in [-0.1, -0.05) is 6.07 Å². The molecule has 1 aliphatic heterocycles. The second-order valence-corrected chi connectivity index (χ2v) is 6.05. The number of rotatable bonds is 5. The first-order chi connectivity index (χ1) is 10.5. The van der Waals surface area contributed by atoms with Crippen molar-refractivity contribution in [3.8, 4) is 0 Å². The number of likely N-dealkylation sites (tertiary alicyclic amines) is 1. The third kappa shape index (κ3) is 5.27. The normalized spacial score (nSPS) is 18.0. The molecule has 2 amide bonds. The van der Waals surface area contributed by atoms with Crippen LogP contribution in [0.4, 0.5) is 4.79 Å². The molecule has 1 fully saturated rings.